The average molecular weight is 353 g/mol. The van der Waals surface area contributed by atoms with Crippen LogP contribution in [0.25, 0.3) is 0 Å². The zero-order chi connectivity index (χ0) is 17.5. The fraction of sp³-hybridized carbons (Fsp3) is 0.500. The first-order chi connectivity index (χ1) is 11.5. The fourth-order valence-corrected chi connectivity index (χ4v) is 2.77. The largest absolute Gasteiger partial charge is 0.303 e. The predicted molar refractivity (Wildman–Crippen MR) is 93.4 cm³/mol. The second kappa shape index (κ2) is 8.75. The highest BCUT2D eigenvalue weighted by Gasteiger charge is 2.14. The van der Waals surface area contributed by atoms with Crippen molar-refractivity contribution in [1.82, 2.24) is 10.3 Å². The summed E-state index contributed by atoms with van der Waals surface area (Å²) in [7, 11) is 0. The van der Waals surface area contributed by atoms with E-state index in [1.54, 1.807) is 13.0 Å². The molecular formula is C16H21ClN4O3. The molecule has 0 bridgehead atoms. The van der Waals surface area contributed by atoms with Crippen LogP contribution >= 0.6 is 11.6 Å². The Kier molecular flexibility index (Phi) is 6.69. The third kappa shape index (κ3) is 5.28. The zero-order valence-electron chi connectivity index (χ0n) is 13.6. The van der Waals surface area contributed by atoms with Crippen molar-refractivity contribution in [2.45, 2.75) is 32.6 Å². The van der Waals surface area contributed by atoms with Crippen LogP contribution in [-0.2, 0) is 4.79 Å². The van der Waals surface area contributed by atoms with Gasteiger partial charge in [0.2, 0.25) is 5.91 Å². The molecule has 1 aromatic carbocycles. The number of likely N-dealkylation sites (tertiary alicyclic amines) is 1. The lowest BCUT2D eigenvalue weighted by Crippen LogP contribution is -2.33. The molecule has 24 heavy (non-hydrogen) atoms. The van der Waals surface area contributed by atoms with E-state index >= 15 is 0 Å². The van der Waals surface area contributed by atoms with Gasteiger partial charge in [-0.3, -0.25) is 14.9 Å². The molecule has 1 N–H and O–H groups in total. The highest BCUT2D eigenvalue weighted by atomic mass is 35.5. The molecule has 1 amide bonds. The van der Waals surface area contributed by atoms with E-state index in [0.717, 1.165) is 19.6 Å². The van der Waals surface area contributed by atoms with Crippen molar-refractivity contribution in [3.63, 3.8) is 0 Å². The van der Waals surface area contributed by atoms with E-state index in [4.69, 9.17) is 11.6 Å². The van der Waals surface area contributed by atoms with Crippen LogP contribution in [0.5, 0.6) is 0 Å². The second-order valence-corrected chi connectivity index (χ2v) is 6.21. The summed E-state index contributed by atoms with van der Waals surface area (Å²) in [5.41, 5.74) is 3.35. The van der Waals surface area contributed by atoms with Crippen LogP contribution in [0.3, 0.4) is 0 Å². The summed E-state index contributed by atoms with van der Waals surface area (Å²) in [5.74, 6) is -0.164. The Morgan fingerprint density at radius 3 is 2.75 bits per heavy atom. The standard InChI is InChI=1S/C16H21ClN4O3/c1-12(13-5-6-14(17)15(11-13)21(23)24)18-19-16(22)7-10-20-8-3-2-4-9-20/h5-6,11H,2-4,7-10H2,1H3,(H,19,22)/b18-12+. The minimum atomic E-state index is -0.545. The lowest BCUT2D eigenvalue weighted by Gasteiger charge is -2.25. The molecule has 0 saturated carbocycles. The van der Waals surface area contributed by atoms with Crippen molar-refractivity contribution in [3.05, 3.63) is 38.9 Å². The first-order valence-electron chi connectivity index (χ1n) is 7.97. The van der Waals surface area contributed by atoms with Crippen molar-refractivity contribution < 1.29 is 9.72 Å². The van der Waals surface area contributed by atoms with Gasteiger partial charge in [-0.15, -0.1) is 0 Å². The van der Waals surface area contributed by atoms with Gasteiger partial charge in [0.25, 0.3) is 5.69 Å². The van der Waals surface area contributed by atoms with Gasteiger partial charge in [-0.05, 0) is 38.9 Å². The number of piperidine rings is 1. The number of carbonyl (C=O) groups is 1. The second-order valence-electron chi connectivity index (χ2n) is 5.81. The number of nitro groups is 1. The molecule has 1 saturated heterocycles. The van der Waals surface area contributed by atoms with E-state index < -0.39 is 4.92 Å². The predicted octanol–water partition coefficient (Wildman–Crippen LogP) is 2.96. The molecular weight excluding hydrogens is 332 g/mol. The number of carbonyl (C=O) groups excluding carboxylic acids is 1. The molecule has 130 valence electrons. The maximum absolute atomic E-state index is 11.9. The molecule has 0 aliphatic carbocycles. The Morgan fingerprint density at radius 1 is 1.38 bits per heavy atom. The van der Waals surface area contributed by atoms with Gasteiger partial charge in [-0.2, -0.15) is 5.10 Å². The van der Waals surface area contributed by atoms with Crippen LogP contribution in [0, 0.1) is 10.1 Å². The van der Waals surface area contributed by atoms with Crippen LogP contribution in [0.15, 0.2) is 23.3 Å². The molecule has 0 atom stereocenters. The molecule has 2 rings (SSSR count). The van der Waals surface area contributed by atoms with Gasteiger partial charge in [0, 0.05) is 24.6 Å². The Morgan fingerprint density at radius 2 is 2.08 bits per heavy atom. The number of nitrogens with one attached hydrogen (secondary N) is 1. The number of nitrogens with zero attached hydrogens (tertiary/aromatic N) is 3. The van der Waals surface area contributed by atoms with E-state index in [2.05, 4.69) is 15.4 Å². The van der Waals surface area contributed by atoms with Gasteiger partial charge in [0.15, 0.2) is 0 Å². The highest BCUT2D eigenvalue weighted by Crippen LogP contribution is 2.25. The molecule has 7 nitrogen and oxygen atoms in total. The van der Waals surface area contributed by atoms with Gasteiger partial charge < -0.3 is 4.90 Å². The number of halogens is 1. The lowest BCUT2D eigenvalue weighted by atomic mass is 10.1. The van der Waals surface area contributed by atoms with Gasteiger partial charge >= 0.3 is 0 Å². The number of hydrogen-bond acceptors (Lipinski definition) is 5. The maximum Gasteiger partial charge on any atom is 0.288 e. The normalized spacial score (nSPS) is 16.0. The maximum atomic E-state index is 11.9. The summed E-state index contributed by atoms with van der Waals surface area (Å²) in [4.78, 5) is 24.5. The molecule has 0 unspecified atom stereocenters. The van der Waals surface area contributed by atoms with Crippen molar-refractivity contribution in [2.75, 3.05) is 19.6 Å². The number of amides is 1. The highest BCUT2D eigenvalue weighted by molar-refractivity contribution is 6.32. The molecule has 1 heterocycles. The Balaban J connectivity index is 1.89. The smallest absolute Gasteiger partial charge is 0.288 e. The monoisotopic (exact) mass is 352 g/mol. The first-order valence-corrected chi connectivity index (χ1v) is 8.35. The zero-order valence-corrected chi connectivity index (χ0v) is 14.4. The van der Waals surface area contributed by atoms with Crippen LogP contribution in [0.2, 0.25) is 5.02 Å². The minimum absolute atomic E-state index is 0.0714. The van der Waals surface area contributed by atoms with Crippen LogP contribution in [0.4, 0.5) is 5.69 Å². The van der Waals surface area contributed by atoms with Crippen LogP contribution < -0.4 is 5.43 Å². The van der Waals surface area contributed by atoms with E-state index in [1.807, 2.05) is 0 Å². The van der Waals surface area contributed by atoms with Crippen molar-refractivity contribution in [2.24, 2.45) is 5.10 Å². The average Bonchev–Trinajstić information content (AvgIpc) is 2.59. The molecule has 0 aromatic heterocycles. The number of benzene rings is 1. The Bertz CT molecular complexity index is 642. The van der Waals surface area contributed by atoms with Gasteiger partial charge in [0.05, 0.1) is 10.6 Å². The molecule has 1 aliphatic heterocycles. The summed E-state index contributed by atoms with van der Waals surface area (Å²) >= 11 is 5.78. The first kappa shape index (κ1) is 18.4. The molecule has 8 heteroatoms. The summed E-state index contributed by atoms with van der Waals surface area (Å²) in [5, 5.41) is 15.0. The molecule has 0 spiro atoms. The Labute approximate surface area is 145 Å². The van der Waals surface area contributed by atoms with E-state index in [-0.39, 0.29) is 16.6 Å². The minimum Gasteiger partial charge on any atom is -0.303 e. The third-order valence-electron chi connectivity index (χ3n) is 4.01. The van der Waals surface area contributed by atoms with Gasteiger partial charge in [-0.25, -0.2) is 5.43 Å². The SMILES string of the molecule is C/C(=N\NC(=O)CCN1CCCCC1)c1ccc(Cl)c([N+](=O)[O-])c1. The van der Waals surface area contributed by atoms with E-state index in [9.17, 15) is 14.9 Å². The van der Waals surface area contributed by atoms with Crippen LogP contribution in [0.1, 0.15) is 38.2 Å². The topological polar surface area (TPSA) is 87.8 Å². The summed E-state index contributed by atoms with van der Waals surface area (Å²) in [6, 6.07) is 4.43. The molecule has 1 aliphatic rings. The summed E-state index contributed by atoms with van der Waals surface area (Å²) < 4.78 is 0. The van der Waals surface area contributed by atoms with E-state index in [0.29, 0.717) is 17.7 Å². The Hall–Kier alpha value is -1.99. The van der Waals surface area contributed by atoms with Crippen molar-refractivity contribution in [1.29, 1.82) is 0 Å². The van der Waals surface area contributed by atoms with Gasteiger partial charge in [-0.1, -0.05) is 24.1 Å². The summed E-state index contributed by atoms with van der Waals surface area (Å²) in [6.07, 6.45) is 4.03. The molecule has 1 fully saturated rings. The fourth-order valence-electron chi connectivity index (χ4n) is 2.59. The molecule has 1 aromatic rings. The molecule has 0 radical (unpaired) electrons. The third-order valence-corrected chi connectivity index (χ3v) is 4.33. The van der Waals surface area contributed by atoms with E-state index in [1.165, 1.54) is 31.4 Å². The van der Waals surface area contributed by atoms with Crippen molar-refractivity contribution >= 4 is 28.9 Å². The summed E-state index contributed by atoms with van der Waals surface area (Å²) in [6.45, 7) is 4.50. The number of hydrazone groups is 1. The van der Waals surface area contributed by atoms with Gasteiger partial charge in [0.1, 0.15) is 5.02 Å². The quantitative estimate of drug-likeness (QED) is 0.484. The number of rotatable bonds is 6. The number of hydrogen-bond donors (Lipinski definition) is 1. The number of nitro benzene ring substituents is 1. The van der Waals surface area contributed by atoms with Crippen molar-refractivity contribution in [3.8, 4) is 0 Å². The van der Waals surface area contributed by atoms with Crippen LogP contribution in [-0.4, -0.2) is 41.1 Å². The lowest BCUT2D eigenvalue weighted by molar-refractivity contribution is -0.384.